The van der Waals surface area contributed by atoms with Gasteiger partial charge in [-0.3, -0.25) is 5.43 Å². The van der Waals surface area contributed by atoms with Crippen LogP contribution in [0.5, 0.6) is 11.5 Å². The molecule has 2 aromatic rings. The van der Waals surface area contributed by atoms with Crippen molar-refractivity contribution in [3.05, 3.63) is 54.1 Å². The van der Waals surface area contributed by atoms with Crippen molar-refractivity contribution in [1.29, 1.82) is 0 Å². The van der Waals surface area contributed by atoms with E-state index >= 15 is 0 Å². The lowest BCUT2D eigenvalue weighted by atomic mass is 10.1. The van der Waals surface area contributed by atoms with E-state index in [-0.39, 0.29) is 0 Å². The van der Waals surface area contributed by atoms with Gasteiger partial charge >= 0.3 is 0 Å². The summed E-state index contributed by atoms with van der Waals surface area (Å²) in [6, 6.07) is 15.2. The third-order valence-electron chi connectivity index (χ3n) is 3.17. The quantitative estimate of drug-likeness (QED) is 0.500. The van der Waals surface area contributed by atoms with Crippen molar-refractivity contribution < 1.29 is 9.47 Å². The largest absolute Gasteiger partial charge is 0.497 e. The summed E-state index contributed by atoms with van der Waals surface area (Å²) in [4.78, 5) is 0. The highest BCUT2D eigenvalue weighted by Gasteiger charge is 2.04. The number of anilines is 1. The van der Waals surface area contributed by atoms with Crippen LogP contribution in [0.2, 0.25) is 0 Å². The summed E-state index contributed by atoms with van der Waals surface area (Å²) in [6.07, 6.45) is 0. The molecule has 0 amide bonds. The molecular weight excluding hydrogens is 310 g/mol. The average Bonchev–Trinajstić information content (AvgIpc) is 2.60. The van der Waals surface area contributed by atoms with Gasteiger partial charge in [0, 0.05) is 5.56 Å². The molecule has 2 rings (SSSR count). The van der Waals surface area contributed by atoms with Crippen LogP contribution >= 0.6 is 12.2 Å². The molecule has 6 heteroatoms. The van der Waals surface area contributed by atoms with Crippen LogP contribution in [0.25, 0.3) is 0 Å². The lowest BCUT2D eigenvalue weighted by Crippen LogP contribution is -2.25. The van der Waals surface area contributed by atoms with Crippen molar-refractivity contribution in [3.8, 4) is 11.5 Å². The predicted octanol–water partition coefficient (Wildman–Crippen LogP) is 3.41. The average molecular weight is 329 g/mol. The van der Waals surface area contributed by atoms with Gasteiger partial charge in [0.05, 0.1) is 25.6 Å². The van der Waals surface area contributed by atoms with E-state index in [0.717, 1.165) is 22.7 Å². The first-order chi connectivity index (χ1) is 11.1. The Kier molecular flexibility index (Phi) is 5.94. The Morgan fingerprint density at radius 2 is 1.83 bits per heavy atom. The van der Waals surface area contributed by atoms with E-state index in [9.17, 15) is 0 Å². The van der Waals surface area contributed by atoms with Crippen molar-refractivity contribution in [2.45, 2.75) is 6.92 Å². The fourth-order valence-corrected chi connectivity index (χ4v) is 2.10. The molecule has 120 valence electrons. The molecule has 5 nitrogen and oxygen atoms in total. The zero-order valence-corrected chi connectivity index (χ0v) is 14.1. The minimum Gasteiger partial charge on any atom is -0.497 e. The van der Waals surface area contributed by atoms with E-state index in [1.165, 1.54) is 0 Å². The molecule has 2 aromatic carbocycles. The van der Waals surface area contributed by atoms with Crippen LogP contribution < -0.4 is 20.2 Å². The summed E-state index contributed by atoms with van der Waals surface area (Å²) in [5.74, 6) is 1.50. The van der Waals surface area contributed by atoms with Crippen LogP contribution in [-0.2, 0) is 0 Å². The van der Waals surface area contributed by atoms with Gasteiger partial charge in [-0.15, -0.1) is 0 Å². The number of hydrogen-bond acceptors (Lipinski definition) is 4. The second-order valence-electron chi connectivity index (χ2n) is 4.70. The van der Waals surface area contributed by atoms with Gasteiger partial charge in [0.1, 0.15) is 11.5 Å². The van der Waals surface area contributed by atoms with Crippen LogP contribution in [0, 0.1) is 0 Å². The Balaban J connectivity index is 2.02. The molecule has 0 radical (unpaired) electrons. The standard InChI is InChI=1S/C17H19N3O2S/c1-12(13-7-6-8-14(11-13)21-2)19-20-17(23)18-15-9-4-5-10-16(15)22-3/h4-11H,1-3H3,(H2,18,20,23)/b19-12+. The van der Waals surface area contributed by atoms with Gasteiger partial charge in [-0.2, -0.15) is 5.10 Å². The van der Waals surface area contributed by atoms with E-state index in [0.29, 0.717) is 10.9 Å². The molecule has 0 unspecified atom stereocenters. The summed E-state index contributed by atoms with van der Waals surface area (Å²) in [5, 5.41) is 7.73. The fourth-order valence-electron chi connectivity index (χ4n) is 1.95. The number of nitrogens with one attached hydrogen (secondary N) is 2. The number of para-hydroxylation sites is 2. The molecule has 0 aliphatic rings. The number of thiocarbonyl (C=S) groups is 1. The highest BCUT2D eigenvalue weighted by atomic mass is 32.1. The van der Waals surface area contributed by atoms with Gasteiger partial charge in [0.15, 0.2) is 5.11 Å². The third-order valence-corrected chi connectivity index (χ3v) is 3.36. The Morgan fingerprint density at radius 1 is 1.04 bits per heavy atom. The van der Waals surface area contributed by atoms with Crippen LogP contribution in [0.4, 0.5) is 5.69 Å². The maximum absolute atomic E-state index is 5.27. The van der Waals surface area contributed by atoms with E-state index in [4.69, 9.17) is 21.7 Å². The van der Waals surface area contributed by atoms with Crippen LogP contribution in [0.3, 0.4) is 0 Å². The summed E-state index contributed by atoms with van der Waals surface area (Å²) in [6.45, 7) is 1.90. The highest BCUT2D eigenvalue weighted by Crippen LogP contribution is 2.22. The van der Waals surface area contributed by atoms with E-state index in [1.54, 1.807) is 14.2 Å². The van der Waals surface area contributed by atoms with Crippen molar-refractivity contribution in [2.24, 2.45) is 5.10 Å². The van der Waals surface area contributed by atoms with Gasteiger partial charge in [-0.05, 0) is 43.4 Å². The predicted molar refractivity (Wildman–Crippen MR) is 97.6 cm³/mol. The molecule has 0 saturated carbocycles. The Morgan fingerprint density at radius 3 is 2.57 bits per heavy atom. The van der Waals surface area contributed by atoms with E-state index < -0.39 is 0 Å². The van der Waals surface area contributed by atoms with E-state index in [1.807, 2.05) is 55.5 Å². The van der Waals surface area contributed by atoms with Crippen molar-refractivity contribution >= 4 is 28.7 Å². The van der Waals surface area contributed by atoms with Gasteiger partial charge in [0.25, 0.3) is 0 Å². The number of rotatable bonds is 5. The molecule has 0 spiro atoms. The number of ether oxygens (including phenoxy) is 2. The molecule has 0 aliphatic heterocycles. The second-order valence-corrected chi connectivity index (χ2v) is 5.10. The molecule has 0 atom stereocenters. The zero-order valence-electron chi connectivity index (χ0n) is 13.3. The number of hydrazone groups is 1. The van der Waals surface area contributed by atoms with Gasteiger partial charge < -0.3 is 14.8 Å². The normalized spacial score (nSPS) is 10.8. The summed E-state index contributed by atoms with van der Waals surface area (Å²) in [5.41, 5.74) is 5.36. The van der Waals surface area contributed by atoms with Crippen LogP contribution in [-0.4, -0.2) is 25.0 Å². The number of nitrogens with zero attached hydrogens (tertiary/aromatic N) is 1. The summed E-state index contributed by atoms with van der Waals surface area (Å²) in [7, 11) is 3.25. The lowest BCUT2D eigenvalue weighted by molar-refractivity contribution is 0.414. The minimum atomic E-state index is 0.386. The first-order valence-corrected chi connectivity index (χ1v) is 7.43. The maximum Gasteiger partial charge on any atom is 0.191 e. The molecule has 23 heavy (non-hydrogen) atoms. The molecule has 0 aromatic heterocycles. The van der Waals surface area contributed by atoms with Gasteiger partial charge in [-0.1, -0.05) is 24.3 Å². The highest BCUT2D eigenvalue weighted by molar-refractivity contribution is 7.80. The summed E-state index contributed by atoms with van der Waals surface area (Å²) >= 11 is 5.25. The minimum absolute atomic E-state index is 0.386. The lowest BCUT2D eigenvalue weighted by Gasteiger charge is -2.11. The zero-order chi connectivity index (χ0) is 16.7. The Hall–Kier alpha value is -2.60. The van der Waals surface area contributed by atoms with Gasteiger partial charge in [0.2, 0.25) is 0 Å². The number of hydrogen-bond donors (Lipinski definition) is 2. The maximum atomic E-state index is 5.27. The number of methoxy groups -OCH3 is 2. The molecule has 0 fully saturated rings. The fraction of sp³-hybridized carbons (Fsp3) is 0.176. The summed E-state index contributed by atoms with van der Waals surface area (Å²) < 4.78 is 10.5. The molecule has 0 aliphatic carbocycles. The Bertz CT molecular complexity index is 716. The molecular formula is C17H19N3O2S. The van der Waals surface area contributed by atoms with Crippen molar-refractivity contribution in [3.63, 3.8) is 0 Å². The number of benzene rings is 2. The third kappa shape index (κ3) is 4.69. The monoisotopic (exact) mass is 329 g/mol. The second kappa shape index (κ2) is 8.14. The van der Waals surface area contributed by atoms with Crippen LogP contribution in [0.1, 0.15) is 12.5 Å². The first kappa shape index (κ1) is 16.8. The molecule has 2 N–H and O–H groups in total. The molecule has 0 heterocycles. The van der Waals surface area contributed by atoms with Crippen molar-refractivity contribution in [2.75, 3.05) is 19.5 Å². The molecule has 0 bridgehead atoms. The Labute approximate surface area is 141 Å². The SMILES string of the molecule is COc1cccc(/C(C)=N/NC(=S)Nc2ccccc2OC)c1. The van der Waals surface area contributed by atoms with Crippen molar-refractivity contribution in [1.82, 2.24) is 5.43 Å². The van der Waals surface area contributed by atoms with E-state index in [2.05, 4.69) is 15.8 Å². The first-order valence-electron chi connectivity index (χ1n) is 7.02. The molecule has 0 saturated heterocycles. The van der Waals surface area contributed by atoms with Gasteiger partial charge in [-0.25, -0.2) is 0 Å². The van der Waals surface area contributed by atoms with Crippen LogP contribution in [0.15, 0.2) is 53.6 Å². The topological polar surface area (TPSA) is 54.9 Å². The smallest absolute Gasteiger partial charge is 0.191 e.